The molecule has 1 aliphatic rings. The molecule has 4 nitrogen and oxygen atoms in total. The minimum absolute atomic E-state index is 0.135. The zero-order chi connectivity index (χ0) is 15.4. The lowest BCUT2D eigenvalue weighted by Gasteiger charge is -2.29. The number of methoxy groups -OCH3 is 1. The van der Waals surface area contributed by atoms with Crippen molar-refractivity contribution in [2.75, 3.05) is 39.1 Å². The van der Waals surface area contributed by atoms with Gasteiger partial charge in [-0.2, -0.15) is 0 Å². The highest BCUT2D eigenvalue weighted by molar-refractivity contribution is 5.90. The molecular weight excluding hydrogens is 278 g/mol. The SMILES string of the molecule is COC(=O)c1cc(NCC2CCN(C)CC2)c(F)cc1F. The van der Waals surface area contributed by atoms with E-state index in [0.29, 0.717) is 18.5 Å². The molecule has 0 radical (unpaired) electrons. The number of rotatable bonds is 4. The van der Waals surface area contributed by atoms with Crippen LogP contribution in [0.1, 0.15) is 23.2 Å². The highest BCUT2D eigenvalue weighted by atomic mass is 19.1. The van der Waals surface area contributed by atoms with Gasteiger partial charge < -0.3 is 15.0 Å². The van der Waals surface area contributed by atoms with Gasteiger partial charge in [0, 0.05) is 12.6 Å². The highest BCUT2D eigenvalue weighted by Gasteiger charge is 2.19. The van der Waals surface area contributed by atoms with Gasteiger partial charge in [-0.3, -0.25) is 0 Å². The Morgan fingerprint density at radius 2 is 2.00 bits per heavy atom. The van der Waals surface area contributed by atoms with Crippen molar-refractivity contribution < 1.29 is 18.3 Å². The summed E-state index contributed by atoms with van der Waals surface area (Å²) < 4.78 is 31.8. The van der Waals surface area contributed by atoms with E-state index in [1.165, 1.54) is 6.07 Å². The maximum Gasteiger partial charge on any atom is 0.340 e. The van der Waals surface area contributed by atoms with Crippen LogP contribution in [0.4, 0.5) is 14.5 Å². The van der Waals surface area contributed by atoms with Crippen LogP contribution in [0.2, 0.25) is 0 Å². The molecule has 1 heterocycles. The number of benzene rings is 1. The molecule has 6 heteroatoms. The molecule has 1 N–H and O–H groups in total. The summed E-state index contributed by atoms with van der Waals surface area (Å²) in [6.07, 6.45) is 2.08. The number of nitrogens with zero attached hydrogens (tertiary/aromatic N) is 1. The molecule has 116 valence electrons. The summed E-state index contributed by atoms with van der Waals surface area (Å²) in [7, 11) is 3.24. The Labute approximate surface area is 123 Å². The maximum absolute atomic E-state index is 13.8. The van der Waals surface area contributed by atoms with Crippen LogP contribution in [-0.4, -0.2) is 44.7 Å². The lowest BCUT2D eigenvalue weighted by atomic mass is 9.97. The van der Waals surface area contributed by atoms with Crippen LogP contribution in [0.25, 0.3) is 0 Å². The second-order valence-corrected chi connectivity index (χ2v) is 5.43. The molecule has 0 saturated carbocycles. The second-order valence-electron chi connectivity index (χ2n) is 5.43. The number of hydrogen-bond acceptors (Lipinski definition) is 4. The van der Waals surface area contributed by atoms with Gasteiger partial charge in [-0.1, -0.05) is 0 Å². The van der Waals surface area contributed by atoms with Crippen LogP contribution in [0.3, 0.4) is 0 Å². The van der Waals surface area contributed by atoms with E-state index < -0.39 is 17.6 Å². The second kappa shape index (κ2) is 6.85. The molecule has 1 aliphatic heterocycles. The topological polar surface area (TPSA) is 41.6 Å². The zero-order valence-corrected chi connectivity index (χ0v) is 12.3. The summed E-state index contributed by atoms with van der Waals surface area (Å²) in [6.45, 7) is 2.65. The van der Waals surface area contributed by atoms with Gasteiger partial charge in [-0.25, -0.2) is 13.6 Å². The first-order valence-electron chi connectivity index (χ1n) is 7.01. The summed E-state index contributed by atoms with van der Waals surface area (Å²) in [4.78, 5) is 13.7. The zero-order valence-electron chi connectivity index (χ0n) is 12.3. The number of halogens is 2. The number of carbonyl (C=O) groups is 1. The van der Waals surface area contributed by atoms with Crippen molar-refractivity contribution in [2.45, 2.75) is 12.8 Å². The van der Waals surface area contributed by atoms with Crippen molar-refractivity contribution in [3.05, 3.63) is 29.3 Å². The van der Waals surface area contributed by atoms with Crippen LogP contribution in [0, 0.1) is 17.6 Å². The van der Waals surface area contributed by atoms with E-state index in [4.69, 9.17) is 0 Å². The Balaban J connectivity index is 2.04. The largest absolute Gasteiger partial charge is 0.465 e. The van der Waals surface area contributed by atoms with Gasteiger partial charge in [0.2, 0.25) is 0 Å². The number of anilines is 1. The Kier molecular flexibility index (Phi) is 5.12. The summed E-state index contributed by atoms with van der Waals surface area (Å²) in [5.41, 5.74) is -0.125. The average molecular weight is 298 g/mol. The Bertz CT molecular complexity index is 515. The third-order valence-corrected chi connectivity index (χ3v) is 3.88. The van der Waals surface area contributed by atoms with Crippen LogP contribution in [0.5, 0.6) is 0 Å². The number of likely N-dealkylation sites (tertiary alicyclic amines) is 1. The summed E-state index contributed by atoms with van der Waals surface area (Å²) in [5, 5.41) is 2.98. The van der Waals surface area contributed by atoms with E-state index in [1.54, 1.807) is 0 Å². The number of ether oxygens (including phenoxy) is 1. The van der Waals surface area contributed by atoms with Gasteiger partial charge in [-0.05, 0) is 45.0 Å². The summed E-state index contributed by atoms with van der Waals surface area (Å²) >= 11 is 0. The third kappa shape index (κ3) is 3.91. The molecule has 1 fully saturated rings. The number of hydrogen-bond donors (Lipinski definition) is 1. The van der Waals surface area contributed by atoms with Gasteiger partial charge >= 0.3 is 5.97 Å². The van der Waals surface area contributed by atoms with Gasteiger partial charge in [0.25, 0.3) is 0 Å². The Morgan fingerprint density at radius 1 is 1.33 bits per heavy atom. The number of esters is 1. The fourth-order valence-corrected chi connectivity index (χ4v) is 2.47. The maximum atomic E-state index is 13.8. The number of nitrogens with one attached hydrogen (secondary N) is 1. The molecule has 1 saturated heterocycles. The highest BCUT2D eigenvalue weighted by Crippen LogP contribution is 2.22. The van der Waals surface area contributed by atoms with E-state index in [2.05, 4.69) is 22.0 Å². The van der Waals surface area contributed by atoms with Crippen molar-refractivity contribution in [1.82, 2.24) is 4.90 Å². The smallest absolute Gasteiger partial charge is 0.340 e. The van der Waals surface area contributed by atoms with Crippen LogP contribution >= 0.6 is 0 Å². The quantitative estimate of drug-likeness (QED) is 0.867. The van der Waals surface area contributed by atoms with Gasteiger partial charge in [0.15, 0.2) is 0 Å². The van der Waals surface area contributed by atoms with E-state index in [1.807, 2.05) is 0 Å². The molecule has 0 spiro atoms. The fraction of sp³-hybridized carbons (Fsp3) is 0.533. The van der Waals surface area contributed by atoms with E-state index in [0.717, 1.165) is 33.0 Å². The normalized spacial score (nSPS) is 16.8. The first kappa shape index (κ1) is 15.7. The molecule has 0 aliphatic carbocycles. The summed E-state index contributed by atoms with van der Waals surface area (Å²) in [6, 6.07) is 1.88. The Morgan fingerprint density at radius 3 is 2.62 bits per heavy atom. The number of piperidine rings is 1. The molecule has 2 rings (SSSR count). The molecule has 1 aromatic carbocycles. The lowest BCUT2D eigenvalue weighted by molar-refractivity contribution is 0.0595. The molecule has 0 atom stereocenters. The van der Waals surface area contributed by atoms with Crippen LogP contribution in [0.15, 0.2) is 12.1 Å². The first-order valence-corrected chi connectivity index (χ1v) is 7.01. The van der Waals surface area contributed by atoms with Crippen molar-refractivity contribution in [3.8, 4) is 0 Å². The van der Waals surface area contributed by atoms with Crippen molar-refractivity contribution in [2.24, 2.45) is 5.92 Å². The van der Waals surface area contributed by atoms with Crippen LogP contribution < -0.4 is 5.32 Å². The van der Waals surface area contributed by atoms with Crippen molar-refractivity contribution in [1.29, 1.82) is 0 Å². The van der Waals surface area contributed by atoms with Gasteiger partial charge in [-0.15, -0.1) is 0 Å². The standard InChI is InChI=1S/C15H20F2N2O2/c1-19-5-3-10(4-6-19)9-18-14-7-11(15(20)21-2)12(16)8-13(14)17/h7-8,10,18H,3-6,9H2,1-2H3. The molecule has 0 amide bonds. The minimum atomic E-state index is -0.913. The van der Waals surface area contributed by atoms with Gasteiger partial charge in [0.05, 0.1) is 18.4 Å². The lowest BCUT2D eigenvalue weighted by Crippen LogP contribution is -2.33. The predicted octanol–water partition coefficient (Wildman–Crippen LogP) is 2.51. The molecular formula is C15H20F2N2O2. The fourth-order valence-electron chi connectivity index (χ4n) is 2.47. The molecule has 0 unspecified atom stereocenters. The molecule has 21 heavy (non-hydrogen) atoms. The predicted molar refractivity (Wildman–Crippen MR) is 76.4 cm³/mol. The van der Waals surface area contributed by atoms with Crippen LogP contribution in [-0.2, 0) is 4.74 Å². The van der Waals surface area contributed by atoms with E-state index >= 15 is 0 Å². The monoisotopic (exact) mass is 298 g/mol. The molecule has 1 aromatic rings. The third-order valence-electron chi connectivity index (χ3n) is 3.88. The Hall–Kier alpha value is -1.69. The van der Waals surface area contributed by atoms with E-state index in [9.17, 15) is 13.6 Å². The minimum Gasteiger partial charge on any atom is -0.465 e. The van der Waals surface area contributed by atoms with Gasteiger partial charge in [0.1, 0.15) is 11.6 Å². The summed E-state index contributed by atoms with van der Waals surface area (Å²) in [5.74, 6) is -1.97. The van der Waals surface area contributed by atoms with Crippen molar-refractivity contribution in [3.63, 3.8) is 0 Å². The number of carbonyl (C=O) groups excluding carboxylic acids is 1. The van der Waals surface area contributed by atoms with E-state index in [-0.39, 0.29) is 11.3 Å². The molecule has 0 aromatic heterocycles. The average Bonchev–Trinajstić information content (AvgIpc) is 2.47. The molecule has 0 bridgehead atoms. The van der Waals surface area contributed by atoms with Crippen molar-refractivity contribution >= 4 is 11.7 Å². The first-order chi connectivity index (χ1) is 10.0.